The van der Waals surface area contributed by atoms with Crippen molar-refractivity contribution in [3.63, 3.8) is 0 Å². The highest BCUT2D eigenvalue weighted by Gasteiger charge is 2.38. The summed E-state index contributed by atoms with van der Waals surface area (Å²) in [5.41, 5.74) is -0.240. The molecule has 5 nitrogen and oxygen atoms in total. The van der Waals surface area contributed by atoms with E-state index in [-0.39, 0.29) is 5.91 Å². The summed E-state index contributed by atoms with van der Waals surface area (Å²) in [6, 6.07) is 8.20. The number of amides is 1. The fourth-order valence-electron chi connectivity index (χ4n) is 2.50. The van der Waals surface area contributed by atoms with Crippen molar-refractivity contribution < 1.29 is 19.1 Å². The molecule has 0 heterocycles. The average Bonchev–Trinajstić information content (AvgIpc) is 2.57. The maximum absolute atomic E-state index is 12.7. The van der Waals surface area contributed by atoms with Gasteiger partial charge in [0.15, 0.2) is 6.04 Å². The molecule has 1 aromatic carbocycles. The number of methoxy groups -OCH3 is 2. The lowest BCUT2D eigenvalue weighted by Gasteiger charge is -2.31. The van der Waals surface area contributed by atoms with E-state index in [1.807, 2.05) is 32.0 Å². The van der Waals surface area contributed by atoms with Crippen molar-refractivity contribution in [2.24, 2.45) is 0 Å². The topological polar surface area (TPSA) is 64.6 Å². The van der Waals surface area contributed by atoms with E-state index in [9.17, 15) is 9.59 Å². The highest BCUT2D eigenvalue weighted by atomic mass is 16.5. The minimum Gasteiger partial charge on any atom is -0.467 e. The number of ether oxygens (including phenoxy) is 2. The van der Waals surface area contributed by atoms with Crippen LogP contribution in [0.3, 0.4) is 0 Å². The van der Waals surface area contributed by atoms with Crippen molar-refractivity contribution in [3.8, 4) is 0 Å². The van der Waals surface area contributed by atoms with Crippen molar-refractivity contribution in [1.82, 2.24) is 5.32 Å². The normalized spacial score (nSPS) is 14.7. The lowest BCUT2D eigenvalue weighted by atomic mass is 9.92. The first-order chi connectivity index (χ1) is 10.5. The Hall–Kier alpha value is -1.88. The summed E-state index contributed by atoms with van der Waals surface area (Å²) in [5.74, 6) is -0.796. The Kier molecular flexibility index (Phi) is 7.05. The molecule has 0 saturated heterocycles. The van der Waals surface area contributed by atoms with Gasteiger partial charge in [-0.1, -0.05) is 50.6 Å². The molecule has 0 aliphatic carbocycles. The maximum Gasteiger partial charge on any atom is 0.333 e. The van der Waals surface area contributed by atoms with Crippen LogP contribution in [0.1, 0.15) is 44.7 Å². The first-order valence-corrected chi connectivity index (χ1v) is 7.53. The van der Waals surface area contributed by atoms with E-state index >= 15 is 0 Å². The Morgan fingerprint density at radius 1 is 1.18 bits per heavy atom. The van der Waals surface area contributed by atoms with Crippen LogP contribution in [0.2, 0.25) is 0 Å². The van der Waals surface area contributed by atoms with E-state index in [2.05, 4.69) is 5.32 Å². The van der Waals surface area contributed by atoms with Gasteiger partial charge in [0.2, 0.25) is 0 Å². The largest absolute Gasteiger partial charge is 0.467 e. The first kappa shape index (κ1) is 18.2. The summed E-state index contributed by atoms with van der Waals surface area (Å²) >= 11 is 0. The quantitative estimate of drug-likeness (QED) is 0.750. The number of carbonyl (C=O) groups is 2. The van der Waals surface area contributed by atoms with Crippen molar-refractivity contribution in [3.05, 3.63) is 35.9 Å². The predicted molar refractivity (Wildman–Crippen MR) is 84.3 cm³/mol. The molecule has 5 heteroatoms. The summed E-state index contributed by atoms with van der Waals surface area (Å²) in [5, 5.41) is 2.77. The summed E-state index contributed by atoms with van der Waals surface area (Å²) in [6.45, 7) is 3.89. The lowest BCUT2D eigenvalue weighted by Crippen LogP contribution is -2.50. The van der Waals surface area contributed by atoms with Crippen LogP contribution in [0.15, 0.2) is 30.3 Å². The number of carbonyl (C=O) groups excluding carboxylic acids is 2. The molecule has 0 aliphatic heterocycles. The van der Waals surface area contributed by atoms with Gasteiger partial charge >= 0.3 is 5.97 Å². The smallest absolute Gasteiger partial charge is 0.333 e. The minimum atomic E-state index is -0.921. The van der Waals surface area contributed by atoms with Crippen molar-refractivity contribution >= 4 is 11.9 Å². The van der Waals surface area contributed by atoms with Crippen LogP contribution >= 0.6 is 0 Å². The number of hydrogen-bond donors (Lipinski definition) is 1. The molecule has 0 saturated carbocycles. The third-order valence-electron chi connectivity index (χ3n) is 3.87. The zero-order valence-electron chi connectivity index (χ0n) is 13.7. The number of benzene rings is 1. The van der Waals surface area contributed by atoms with Crippen LogP contribution < -0.4 is 5.32 Å². The van der Waals surface area contributed by atoms with Gasteiger partial charge in [-0.3, -0.25) is 4.79 Å². The molecule has 0 bridgehead atoms. The molecular formula is C17H25NO4. The number of rotatable bonds is 8. The lowest BCUT2D eigenvalue weighted by molar-refractivity contribution is -0.152. The van der Waals surface area contributed by atoms with Gasteiger partial charge in [0.05, 0.1) is 7.11 Å². The van der Waals surface area contributed by atoms with Gasteiger partial charge in [0, 0.05) is 7.11 Å². The molecule has 0 aliphatic rings. The molecule has 1 rings (SSSR count). The molecule has 1 amide bonds. The number of nitrogens with one attached hydrogen (secondary N) is 1. The monoisotopic (exact) mass is 307 g/mol. The molecule has 0 fully saturated rings. The molecule has 122 valence electrons. The molecule has 0 aromatic heterocycles. The molecule has 2 atom stereocenters. The Morgan fingerprint density at radius 3 is 2.27 bits per heavy atom. The van der Waals surface area contributed by atoms with Crippen LogP contribution in [0.5, 0.6) is 0 Å². The number of esters is 1. The van der Waals surface area contributed by atoms with E-state index in [1.165, 1.54) is 14.2 Å². The SMILES string of the molecule is CCC[C@](CC)(OC)C(=O)N[C@H](C(=O)OC)c1ccccc1. The maximum atomic E-state index is 12.7. The van der Waals surface area contributed by atoms with Gasteiger partial charge in [-0.2, -0.15) is 0 Å². The van der Waals surface area contributed by atoms with Gasteiger partial charge < -0.3 is 14.8 Å². The summed E-state index contributed by atoms with van der Waals surface area (Å²) < 4.78 is 10.3. The summed E-state index contributed by atoms with van der Waals surface area (Å²) in [6.07, 6.45) is 1.93. The highest BCUT2D eigenvalue weighted by molar-refractivity contribution is 5.90. The van der Waals surface area contributed by atoms with E-state index < -0.39 is 17.6 Å². The van der Waals surface area contributed by atoms with Gasteiger partial charge in [0.1, 0.15) is 5.60 Å². The zero-order valence-corrected chi connectivity index (χ0v) is 13.7. The van der Waals surface area contributed by atoms with Gasteiger partial charge in [0.25, 0.3) is 5.91 Å². The van der Waals surface area contributed by atoms with Crippen LogP contribution in [0, 0.1) is 0 Å². The van der Waals surface area contributed by atoms with Crippen molar-refractivity contribution in [1.29, 1.82) is 0 Å². The van der Waals surface area contributed by atoms with Crippen molar-refractivity contribution in [2.45, 2.75) is 44.8 Å². The first-order valence-electron chi connectivity index (χ1n) is 7.53. The van der Waals surface area contributed by atoms with Crippen LogP contribution in [-0.4, -0.2) is 31.7 Å². The Bertz CT molecular complexity index is 483. The van der Waals surface area contributed by atoms with Gasteiger partial charge in [-0.25, -0.2) is 4.79 Å². The molecule has 0 unspecified atom stereocenters. The van der Waals surface area contributed by atoms with E-state index in [0.29, 0.717) is 18.4 Å². The van der Waals surface area contributed by atoms with E-state index in [0.717, 1.165) is 6.42 Å². The minimum absolute atomic E-state index is 0.293. The fraction of sp³-hybridized carbons (Fsp3) is 0.529. The standard InChI is InChI=1S/C17H25NO4/c1-5-12-17(6-2,22-4)16(20)18-14(15(19)21-3)13-10-8-7-9-11-13/h7-11,14H,5-6,12H2,1-4H3,(H,18,20)/t14-,17-/m0/s1. The van der Waals surface area contributed by atoms with Crippen LogP contribution in [0.4, 0.5) is 0 Å². The molecular weight excluding hydrogens is 282 g/mol. The molecule has 1 aromatic rings. The van der Waals surface area contributed by atoms with Gasteiger partial charge in [-0.05, 0) is 18.4 Å². The third-order valence-corrected chi connectivity index (χ3v) is 3.87. The summed E-state index contributed by atoms with van der Waals surface area (Å²) in [4.78, 5) is 24.7. The van der Waals surface area contributed by atoms with E-state index in [1.54, 1.807) is 12.1 Å². The zero-order chi connectivity index (χ0) is 16.6. The van der Waals surface area contributed by atoms with Crippen LogP contribution in [0.25, 0.3) is 0 Å². The average molecular weight is 307 g/mol. The predicted octanol–water partition coefficient (Wildman–Crippen LogP) is 2.61. The third kappa shape index (κ3) is 4.07. The number of hydrogen-bond acceptors (Lipinski definition) is 4. The molecule has 0 spiro atoms. The second kappa shape index (κ2) is 8.54. The second-order valence-corrected chi connectivity index (χ2v) is 5.14. The van der Waals surface area contributed by atoms with Gasteiger partial charge in [-0.15, -0.1) is 0 Å². The second-order valence-electron chi connectivity index (χ2n) is 5.14. The summed E-state index contributed by atoms with van der Waals surface area (Å²) in [7, 11) is 2.83. The fourth-order valence-corrected chi connectivity index (χ4v) is 2.50. The highest BCUT2D eigenvalue weighted by Crippen LogP contribution is 2.24. The Balaban J connectivity index is 3.03. The van der Waals surface area contributed by atoms with E-state index in [4.69, 9.17) is 9.47 Å². The molecule has 1 N–H and O–H groups in total. The Morgan fingerprint density at radius 2 is 1.82 bits per heavy atom. The Labute approximate surface area is 132 Å². The molecule has 0 radical (unpaired) electrons. The molecule has 22 heavy (non-hydrogen) atoms. The van der Waals surface area contributed by atoms with Crippen molar-refractivity contribution in [2.75, 3.05) is 14.2 Å². The van der Waals surface area contributed by atoms with Crippen LogP contribution in [-0.2, 0) is 19.1 Å².